The van der Waals surface area contributed by atoms with E-state index in [0.717, 1.165) is 23.4 Å². The molecule has 0 amide bonds. The summed E-state index contributed by atoms with van der Waals surface area (Å²) in [4.78, 5) is 0. The van der Waals surface area contributed by atoms with Crippen LogP contribution in [0.5, 0.6) is 11.5 Å². The van der Waals surface area contributed by atoms with Crippen molar-refractivity contribution in [3.63, 3.8) is 0 Å². The molecule has 1 aliphatic heterocycles. The van der Waals surface area contributed by atoms with Gasteiger partial charge < -0.3 is 18.8 Å². The first-order valence-electron chi connectivity index (χ1n) is 8.01. The van der Waals surface area contributed by atoms with Gasteiger partial charge in [-0.25, -0.2) is 0 Å². The van der Waals surface area contributed by atoms with Crippen LogP contribution in [0, 0.1) is 0 Å². The zero-order valence-corrected chi connectivity index (χ0v) is 15.0. The smallest absolute Gasteiger partial charge is 0.497 e. The summed E-state index contributed by atoms with van der Waals surface area (Å²) in [5.74, 6) is 1.50. The highest BCUT2D eigenvalue weighted by Crippen LogP contribution is 2.37. The third-order valence-corrected chi connectivity index (χ3v) is 4.55. The van der Waals surface area contributed by atoms with Crippen LogP contribution >= 0.6 is 0 Å². The van der Waals surface area contributed by atoms with E-state index in [9.17, 15) is 0 Å². The average molecular weight is 318 g/mol. The number of ether oxygens (including phenoxy) is 2. The van der Waals surface area contributed by atoms with Gasteiger partial charge in [0, 0.05) is 11.9 Å². The van der Waals surface area contributed by atoms with Crippen LogP contribution in [0.3, 0.4) is 0 Å². The van der Waals surface area contributed by atoms with E-state index in [1.54, 1.807) is 7.11 Å². The van der Waals surface area contributed by atoms with Gasteiger partial charge in [0.05, 0.1) is 24.4 Å². The summed E-state index contributed by atoms with van der Waals surface area (Å²) in [5.41, 5.74) is 0.0501. The Morgan fingerprint density at radius 1 is 1.22 bits per heavy atom. The maximum absolute atomic E-state index is 6.15. The molecule has 1 saturated heterocycles. The topological polar surface area (TPSA) is 36.9 Å². The first-order chi connectivity index (χ1) is 10.7. The van der Waals surface area contributed by atoms with Crippen molar-refractivity contribution in [2.24, 2.45) is 0 Å². The molecular formula is C18H27BO4. The van der Waals surface area contributed by atoms with Crippen LogP contribution in [0.2, 0.25) is 0 Å². The van der Waals surface area contributed by atoms with Gasteiger partial charge in [-0.15, -0.1) is 6.58 Å². The van der Waals surface area contributed by atoms with Crippen LogP contribution in [0.4, 0.5) is 0 Å². The van der Waals surface area contributed by atoms with E-state index in [1.165, 1.54) is 0 Å². The lowest BCUT2D eigenvalue weighted by Crippen LogP contribution is -2.41. The van der Waals surface area contributed by atoms with Gasteiger partial charge in [-0.2, -0.15) is 0 Å². The molecule has 0 spiro atoms. The zero-order valence-electron chi connectivity index (χ0n) is 15.0. The SMILES string of the molecule is C=CCC(C)Oc1ccc(OC)cc1B1OC(C)(C)C(C)(C)O1. The Morgan fingerprint density at radius 3 is 2.35 bits per heavy atom. The van der Waals surface area contributed by atoms with Gasteiger partial charge in [0.2, 0.25) is 0 Å². The molecule has 5 heteroatoms. The molecular weight excluding hydrogens is 291 g/mol. The molecule has 126 valence electrons. The fraction of sp³-hybridized carbons (Fsp3) is 0.556. The van der Waals surface area contributed by atoms with Crippen LogP contribution in [0.1, 0.15) is 41.0 Å². The van der Waals surface area contributed by atoms with E-state index in [4.69, 9.17) is 18.8 Å². The highest BCUT2D eigenvalue weighted by Gasteiger charge is 2.52. The number of rotatable bonds is 6. The Kier molecular flexibility index (Phi) is 5.12. The van der Waals surface area contributed by atoms with Crippen molar-refractivity contribution in [1.29, 1.82) is 0 Å². The lowest BCUT2D eigenvalue weighted by atomic mass is 9.78. The third kappa shape index (κ3) is 3.73. The van der Waals surface area contributed by atoms with E-state index >= 15 is 0 Å². The Balaban J connectivity index is 2.34. The van der Waals surface area contributed by atoms with Crippen molar-refractivity contribution in [1.82, 2.24) is 0 Å². The lowest BCUT2D eigenvalue weighted by molar-refractivity contribution is 0.00578. The number of hydrogen-bond acceptors (Lipinski definition) is 4. The highest BCUT2D eigenvalue weighted by molar-refractivity contribution is 6.63. The summed E-state index contributed by atoms with van der Waals surface area (Å²) < 4.78 is 23.7. The number of methoxy groups -OCH3 is 1. The van der Waals surface area contributed by atoms with Crippen molar-refractivity contribution < 1.29 is 18.8 Å². The van der Waals surface area contributed by atoms with Gasteiger partial charge in [-0.3, -0.25) is 0 Å². The summed E-state index contributed by atoms with van der Waals surface area (Å²) in [5, 5.41) is 0. The maximum atomic E-state index is 6.15. The highest BCUT2D eigenvalue weighted by atomic mass is 16.7. The van der Waals surface area contributed by atoms with Crippen molar-refractivity contribution >= 4 is 12.6 Å². The van der Waals surface area contributed by atoms with Crippen molar-refractivity contribution in [3.05, 3.63) is 30.9 Å². The molecule has 1 aliphatic rings. The molecule has 0 aliphatic carbocycles. The van der Waals surface area contributed by atoms with E-state index in [0.29, 0.717) is 0 Å². The molecule has 1 fully saturated rings. The normalized spacial score (nSPS) is 20.2. The molecule has 23 heavy (non-hydrogen) atoms. The van der Waals surface area contributed by atoms with E-state index in [-0.39, 0.29) is 6.10 Å². The summed E-state index contributed by atoms with van der Waals surface area (Å²) in [6.07, 6.45) is 2.65. The molecule has 0 aromatic heterocycles. The molecule has 0 bridgehead atoms. The van der Waals surface area contributed by atoms with Gasteiger partial charge in [0.1, 0.15) is 11.5 Å². The lowest BCUT2D eigenvalue weighted by Gasteiger charge is -2.32. The minimum atomic E-state index is -0.485. The molecule has 2 rings (SSSR count). The summed E-state index contributed by atoms with van der Waals surface area (Å²) >= 11 is 0. The van der Waals surface area contributed by atoms with Gasteiger partial charge in [-0.05, 0) is 52.8 Å². The fourth-order valence-electron chi connectivity index (χ4n) is 2.41. The predicted molar refractivity (Wildman–Crippen MR) is 93.6 cm³/mol. The van der Waals surface area contributed by atoms with E-state index < -0.39 is 18.3 Å². The summed E-state index contributed by atoms with van der Waals surface area (Å²) in [6.45, 7) is 13.9. The Labute approximate surface area is 139 Å². The molecule has 1 aromatic carbocycles. The van der Waals surface area contributed by atoms with Crippen LogP contribution < -0.4 is 14.9 Å². The molecule has 0 N–H and O–H groups in total. The van der Waals surface area contributed by atoms with Crippen molar-refractivity contribution in [3.8, 4) is 11.5 Å². The van der Waals surface area contributed by atoms with Gasteiger partial charge >= 0.3 is 7.12 Å². The minimum absolute atomic E-state index is 0.0297. The van der Waals surface area contributed by atoms with Crippen molar-refractivity contribution in [2.75, 3.05) is 7.11 Å². The largest absolute Gasteiger partial charge is 0.498 e. The Hall–Kier alpha value is -1.46. The fourth-order valence-corrected chi connectivity index (χ4v) is 2.41. The van der Waals surface area contributed by atoms with E-state index in [2.05, 4.69) is 6.58 Å². The first-order valence-corrected chi connectivity index (χ1v) is 8.01. The quantitative estimate of drug-likeness (QED) is 0.595. The Morgan fingerprint density at radius 2 is 1.83 bits per heavy atom. The standard InChI is InChI=1S/C18H27BO4/c1-8-9-13(2)21-16-11-10-14(20-7)12-15(16)19-22-17(3,4)18(5,6)23-19/h8,10-13H,1,9H2,2-7H3. The minimum Gasteiger partial charge on any atom is -0.497 e. The second-order valence-corrected chi connectivity index (χ2v) is 6.94. The van der Waals surface area contributed by atoms with E-state index in [1.807, 2.05) is 58.9 Å². The molecule has 1 atom stereocenters. The monoisotopic (exact) mass is 318 g/mol. The van der Waals surface area contributed by atoms with Crippen LogP contribution in [0.15, 0.2) is 30.9 Å². The second-order valence-electron chi connectivity index (χ2n) is 6.94. The summed E-state index contributed by atoms with van der Waals surface area (Å²) in [7, 11) is 1.16. The molecule has 0 saturated carbocycles. The molecule has 1 heterocycles. The number of benzene rings is 1. The van der Waals surface area contributed by atoms with Crippen LogP contribution in [-0.2, 0) is 9.31 Å². The van der Waals surface area contributed by atoms with Crippen molar-refractivity contribution in [2.45, 2.75) is 58.3 Å². The zero-order chi connectivity index (χ0) is 17.3. The molecule has 1 aromatic rings. The number of hydrogen-bond donors (Lipinski definition) is 0. The van der Waals surface area contributed by atoms with Gasteiger partial charge in [0.25, 0.3) is 0 Å². The molecule has 0 radical (unpaired) electrons. The van der Waals surface area contributed by atoms with Crippen LogP contribution in [-0.4, -0.2) is 31.5 Å². The first kappa shape index (κ1) is 17.9. The third-order valence-electron chi connectivity index (χ3n) is 4.55. The molecule has 4 nitrogen and oxygen atoms in total. The van der Waals surface area contributed by atoms with Gasteiger partial charge in [-0.1, -0.05) is 6.08 Å². The molecule has 1 unspecified atom stereocenters. The Bertz CT molecular complexity index is 552. The van der Waals surface area contributed by atoms with Gasteiger partial charge in [0.15, 0.2) is 0 Å². The summed E-state index contributed by atoms with van der Waals surface area (Å²) in [6, 6.07) is 5.70. The second kappa shape index (κ2) is 6.58. The maximum Gasteiger partial charge on any atom is 0.498 e. The predicted octanol–water partition coefficient (Wildman–Crippen LogP) is 3.34. The van der Waals surface area contributed by atoms with Crippen LogP contribution in [0.25, 0.3) is 0 Å². The average Bonchev–Trinajstić information content (AvgIpc) is 2.68.